The number of fused-ring (bicyclic) bond motifs is 2. The number of ketones is 2. The van der Waals surface area contributed by atoms with Crippen LogP contribution in [0.5, 0.6) is 0 Å². The van der Waals surface area contributed by atoms with Gasteiger partial charge in [0.25, 0.3) is 0 Å². The second-order valence-corrected chi connectivity index (χ2v) is 14.8. The molecule has 12 atom stereocenters. The number of Topliss-reactive ketones (excluding diaryl/α,β-unsaturated/α-hetero) is 2. The van der Waals surface area contributed by atoms with Crippen LogP contribution in [0.4, 0.5) is 0 Å². The highest BCUT2D eigenvalue weighted by atomic mass is 16.7. The van der Waals surface area contributed by atoms with Gasteiger partial charge >= 0.3 is 0 Å². The van der Waals surface area contributed by atoms with Gasteiger partial charge in [0, 0.05) is 12.3 Å². The zero-order valence-corrected chi connectivity index (χ0v) is 26.2. The van der Waals surface area contributed by atoms with Crippen LogP contribution in [0.15, 0.2) is 23.5 Å². The highest BCUT2D eigenvalue weighted by Gasteiger charge is 2.59. The fourth-order valence-electron chi connectivity index (χ4n) is 9.34. The molecule has 11 heteroatoms. The Kier molecular flexibility index (Phi) is 10.2. The van der Waals surface area contributed by atoms with E-state index >= 15 is 0 Å². The van der Waals surface area contributed by atoms with Gasteiger partial charge in [0.2, 0.25) is 0 Å². The normalized spacial score (nSPS) is 44.5. The molecule has 5 fully saturated rings. The van der Waals surface area contributed by atoms with Gasteiger partial charge in [-0.25, -0.2) is 0 Å². The summed E-state index contributed by atoms with van der Waals surface area (Å²) in [5, 5.41) is 57.3. The summed E-state index contributed by atoms with van der Waals surface area (Å²) in [4.78, 5) is 28.0. The molecule has 2 aliphatic heterocycles. The third kappa shape index (κ3) is 6.56. The van der Waals surface area contributed by atoms with Gasteiger partial charge in [-0.05, 0) is 62.0 Å². The van der Waals surface area contributed by atoms with Crippen LogP contribution in [0, 0.1) is 35.5 Å². The van der Waals surface area contributed by atoms with E-state index in [0.717, 1.165) is 44.2 Å². The molecule has 0 aromatic carbocycles. The first-order valence-corrected chi connectivity index (χ1v) is 17.4. The standard InChI is InChI=1S/C34H52N2O9/c35-26-16-19(10-12-36-26)9-11-34(43)31(41)25(17-37)45-33(32(34)42)44-24-8-4-7-21-28(24)30(40)27-22(29(21)39)14-20(15-23(27)38)13-18-5-2-1-3-6-18/h14-15,18-19,21-22,24-28,31-33,36-38,41-43H,1-13,16-17,35H2/p+1/t19?,21?,22-,24?,25+,26?,27+,28?,31+,32-,33-,34-/m0/s1. The Bertz CT molecular complexity index is 1150. The number of hydrogen-bond donors (Lipinski definition) is 7. The molecular weight excluding hydrogens is 580 g/mol. The number of aliphatic hydroxyl groups excluding tert-OH is 4. The van der Waals surface area contributed by atoms with Gasteiger partial charge in [0.15, 0.2) is 12.1 Å². The summed E-state index contributed by atoms with van der Waals surface area (Å²) >= 11 is 0. The molecule has 0 bridgehead atoms. The van der Waals surface area contributed by atoms with Crippen LogP contribution in [-0.2, 0) is 19.1 Å². The van der Waals surface area contributed by atoms with Crippen molar-refractivity contribution in [3.05, 3.63) is 23.5 Å². The van der Waals surface area contributed by atoms with Gasteiger partial charge in [-0.15, -0.1) is 0 Å². The zero-order valence-electron chi connectivity index (χ0n) is 26.2. The third-order valence-corrected chi connectivity index (χ3v) is 11.9. The van der Waals surface area contributed by atoms with E-state index in [1.807, 2.05) is 6.08 Å². The van der Waals surface area contributed by atoms with Crippen LogP contribution in [0.3, 0.4) is 0 Å². The lowest BCUT2D eigenvalue weighted by molar-refractivity contribution is -0.699. The summed E-state index contributed by atoms with van der Waals surface area (Å²) in [6.45, 7) is 0.260. The van der Waals surface area contributed by atoms with Gasteiger partial charge < -0.3 is 40.3 Å². The van der Waals surface area contributed by atoms with E-state index in [9.17, 15) is 35.1 Å². The SMILES string of the molecule is NC1CC(CC[C@]2(O)[C@H](O)[C@@H](CO)O[C@H](OC3CCCC4C(=O)[C@H]5C=C(CC6CCCCC6)C=C(O)[C@@H]5C(=O)C34)[C@@H]2O)CC[NH2+]1. The molecule has 45 heavy (non-hydrogen) atoms. The molecule has 6 rings (SSSR count). The zero-order chi connectivity index (χ0) is 31.9. The Morgan fingerprint density at radius 2 is 1.78 bits per heavy atom. The van der Waals surface area contributed by atoms with E-state index in [0.29, 0.717) is 31.6 Å². The number of quaternary nitrogens is 1. The third-order valence-electron chi connectivity index (χ3n) is 11.9. The molecule has 6 aliphatic rings. The Labute approximate surface area is 265 Å². The Hall–Kier alpha value is -1.70. The number of carbonyl (C=O) groups excluding carboxylic acids is 2. The number of allylic oxidation sites excluding steroid dienone is 4. The average molecular weight is 634 g/mol. The molecule has 5 unspecified atom stereocenters. The number of nitrogens with two attached hydrogens (primary N) is 2. The topological polar surface area (TPSA) is 196 Å². The van der Waals surface area contributed by atoms with E-state index in [-0.39, 0.29) is 35.8 Å². The van der Waals surface area contributed by atoms with E-state index < -0.39 is 66.6 Å². The number of hydrogen-bond acceptors (Lipinski definition) is 10. The fraction of sp³-hybridized carbons (Fsp3) is 0.824. The maximum absolute atomic E-state index is 14.1. The molecule has 0 aromatic rings. The summed E-state index contributed by atoms with van der Waals surface area (Å²) < 4.78 is 12.1. The van der Waals surface area contributed by atoms with Crippen molar-refractivity contribution in [3.8, 4) is 0 Å². The van der Waals surface area contributed by atoms with Gasteiger partial charge in [0.1, 0.15) is 41.6 Å². The molecule has 0 aromatic heterocycles. The van der Waals surface area contributed by atoms with Crippen molar-refractivity contribution in [1.29, 1.82) is 0 Å². The van der Waals surface area contributed by atoms with E-state index in [1.165, 1.54) is 19.3 Å². The number of carbonyl (C=O) groups is 2. The first kappa shape index (κ1) is 33.2. The first-order valence-electron chi connectivity index (χ1n) is 17.4. The first-order chi connectivity index (χ1) is 21.6. The maximum atomic E-state index is 14.1. The highest BCUT2D eigenvalue weighted by Crippen LogP contribution is 2.48. The van der Waals surface area contributed by atoms with Crippen molar-refractivity contribution in [2.75, 3.05) is 13.2 Å². The predicted molar refractivity (Wildman–Crippen MR) is 162 cm³/mol. The largest absolute Gasteiger partial charge is 0.512 e. The highest BCUT2D eigenvalue weighted by molar-refractivity contribution is 6.02. The minimum atomic E-state index is -2.02. The minimum Gasteiger partial charge on any atom is -0.512 e. The van der Waals surface area contributed by atoms with Crippen molar-refractivity contribution in [2.45, 2.75) is 126 Å². The number of piperidine rings is 1. The van der Waals surface area contributed by atoms with Gasteiger partial charge in [-0.1, -0.05) is 44.6 Å². The average Bonchev–Trinajstić information content (AvgIpc) is 3.03. The van der Waals surface area contributed by atoms with Crippen LogP contribution >= 0.6 is 0 Å². The van der Waals surface area contributed by atoms with E-state index in [1.54, 1.807) is 6.08 Å². The van der Waals surface area contributed by atoms with Gasteiger partial charge in [-0.2, -0.15) is 0 Å². The van der Waals surface area contributed by atoms with Crippen LogP contribution in [-0.4, -0.2) is 92.7 Å². The summed E-state index contributed by atoms with van der Waals surface area (Å²) in [6, 6.07) is 0. The molecular formula is C34H53N2O9+. The van der Waals surface area contributed by atoms with Crippen LogP contribution in [0.1, 0.15) is 83.5 Å². The molecule has 0 radical (unpaired) electrons. The van der Waals surface area contributed by atoms with Crippen LogP contribution in [0.2, 0.25) is 0 Å². The lowest BCUT2D eigenvalue weighted by Crippen LogP contribution is -2.94. The van der Waals surface area contributed by atoms with E-state index in [2.05, 4.69) is 5.32 Å². The summed E-state index contributed by atoms with van der Waals surface area (Å²) in [5.41, 5.74) is 5.01. The molecule has 0 spiro atoms. The molecule has 252 valence electrons. The summed E-state index contributed by atoms with van der Waals surface area (Å²) in [6.07, 6.45) is 7.45. The Morgan fingerprint density at radius 1 is 1.00 bits per heavy atom. The number of rotatable bonds is 8. The molecule has 9 N–H and O–H groups in total. The Morgan fingerprint density at radius 3 is 2.51 bits per heavy atom. The van der Waals surface area contributed by atoms with E-state index in [4.69, 9.17) is 15.2 Å². The molecule has 2 saturated heterocycles. The molecule has 3 saturated carbocycles. The van der Waals surface area contributed by atoms with Crippen molar-refractivity contribution in [3.63, 3.8) is 0 Å². The lowest BCUT2D eigenvalue weighted by atomic mass is 9.59. The second kappa shape index (κ2) is 13.8. The Balaban J connectivity index is 1.17. The quantitative estimate of drug-likeness (QED) is 0.200. The van der Waals surface area contributed by atoms with Gasteiger partial charge in [0.05, 0.1) is 37.0 Å². The summed E-state index contributed by atoms with van der Waals surface area (Å²) in [5.74, 6) is -2.70. The van der Waals surface area contributed by atoms with Crippen molar-refractivity contribution in [2.24, 2.45) is 41.2 Å². The molecule has 2 heterocycles. The fourth-order valence-corrected chi connectivity index (χ4v) is 9.34. The maximum Gasteiger partial charge on any atom is 0.187 e. The molecule has 11 nitrogen and oxygen atoms in total. The number of aliphatic hydroxyl groups is 5. The minimum absolute atomic E-state index is 0.0313. The molecule has 4 aliphatic carbocycles. The second-order valence-electron chi connectivity index (χ2n) is 14.8. The molecule has 0 amide bonds. The van der Waals surface area contributed by atoms with Crippen LogP contribution < -0.4 is 11.1 Å². The van der Waals surface area contributed by atoms with Crippen molar-refractivity contribution >= 4 is 11.6 Å². The van der Waals surface area contributed by atoms with Crippen molar-refractivity contribution in [1.82, 2.24) is 0 Å². The summed E-state index contributed by atoms with van der Waals surface area (Å²) in [7, 11) is 0. The van der Waals surface area contributed by atoms with Gasteiger partial charge in [-0.3, -0.25) is 15.3 Å². The lowest BCUT2D eigenvalue weighted by Gasteiger charge is -2.50. The number of ether oxygens (including phenoxy) is 2. The van der Waals surface area contributed by atoms with Crippen molar-refractivity contribution < 1.29 is 49.9 Å². The van der Waals surface area contributed by atoms with Crippen LogP contribution in [0.25, 0.3) is 0 Å². The monoisotopic (exact) mass is 633 g/mol. The predicted octanol–water partition coefficient (Wildman–Crippen LogP) is 0.733. The smallest absolute Gasteiger partial charge is 0.187 e.